The van der Waals surface area contributed by atoms with Gasteiger partial charge in [0.2, 0.25) is 0 Å². The zero-order chi connectivity index (χ0) is 13.9. The molecule has 4 heteroatoms. The predicted molar refractivity (Wildman–Crippen MR) is 82.2 cm³/mol. The normalized spacial score (nSPS) is 20.7. The lowest BCUT2D eigenvalue weighted by Crippen LogP contribution is -2.08. The summed E-state index contributed by atoms with van der Waals surface area (Å²) in [7, 11) is 0. The molecule has 0 radical (unpaired) electrons. The molecule has 0 bridgehead atoms. The van der Waals surface area contributed by atoms with Crippen LogP contribution in [0.15, 0.2) is 36.4 Å². The molecule has 1 N–H and O–H groups in total. The SMILES string of the molecule is CCCc1nc(Cl)cc(NC2CC2c2ccccc2)n1. The molecule has 1 fully saturated rings. The van der Waals surface area contributed by atoms with E-state index < -0.39 is 0 Å². The second kappa shape index (κ2) is 5.80. The van der Waals surface area contributed by atoms with Gasteiger partial charge in [-0.2, -0.15) is 0 Å². The molecule has 0 saturated heterocycles. The lowest BCUT2D eigenvalue weighted by Gasteiger charge is -2.07. The Hall–Kier alpha value is -1.61. The number of rotatable bonds is 5. The maximum atomic E-state index is 6.05. The molecule has 104 valence electrons. The Morgan fingerprint density at radius 1 is 1.25 bits per heavy atom. The number of benzene rings is 1. The van der Waals surface area contributed by atoms with Gasteiger partial charge in [-0.3, -0.25) is 0 Å². The van der Waals surface area contributed by atoms with Crippen LogP contribution >= 0.6 is 11.6 Å². The molecule has 1 aromatic carbocycles. The van der Waals surface area contributed by atoms with Gasteiger partial charge in [-0.15, -0.1) is 0 Å². The van der Waals surface area contributed by atoms with E-state index in [1.165, 1.54) is 5.56 Å². The van der Waals surface area contributed by atoms with Gasteiger partial charge in [0.1, 0.15) is 16.8 Å². The Balaban J connectivity index is 1.68. The summed E-state index contributed by atoms with van der Waals surface area (Å²) in [6.07, 6.45) is 3.03. The molecule has 1 saturated carbocycles. The summed E-state index contributed by atoms with van der Waals surface area (Å²) < 4.78 is 0. The maximum Gasteiger partial charge on any atom is 0.134 e. The number of anilines is 1. The van der Waals surface area contributed by atoms with Crippen LogP contribution < -0.4 is 5.32 Å². The summed E-state index contributed by atoms with van der Waals surface area (Å²) in [5.41, 5.74) is 1.39. The highest BCUT2D eigenvalue weighted by atomic mass is 35.5. The van der Waals surface area contributed by atoms with E-state index >= 15 is 0 Å². The highest BCUT2D eigenvalue weighted by Gasteiger charge is 2.38. The molecule has 2 aromatic rings. The zero-order valence-electron chi connectivity index (χ0n) is 11.5. The molecule has 1 aromatic heterocycles. The van der Waals surface area contributed by atoms with E-state index in [0.717, 1.165) is 30.9 Å². The van der Waals surface area contributed by atoms with Gasteiger partial charge in [0.05, 0.1) is 0 Å². The molecule has 0 spiro atoms. The van der Waals surface area contributed by atoms with Crippen LogP contribution in [0.3, 0.4) is 0 Å². The number of nitrogens with one attached hydrogen (secondary N) is 1. The van der Waals surface area contributed by atoms with E-state index in [2.05, 4.69) is 52.5 Å². The topological polar surface area (TPSA) is 37.8 Å². The Morgan fingerprint density at radius 2 is 2.05 bits per heavy atom. The number of aryl methyl sites for hydroxylation is 1. The molecule has 1 aliphatic carbocycles. The van der Waals surface area contributed by atoms with Gasteiger partial charge >= 0.3 is 0 Å². The average Bonchev–Trinajstić information content (AvgIpc) is 3.19. The van der Waals surface area contributed by atoms with Crippen molar-refractivity contribution < 1.29 is 0 Å². The quantitative estimate of drug-likeness (QED) is 0.843. The van der Waals surface area contributed by atoms with E-state index in [0.29, 0.717) is 17.1 Å². The number of hydrogen-bond donors (Lipinski definition) is 1. The van der Waals surface area contributed by atoms with Crippen molar-refractivity contribution in [2.24, 2.45) is 0 Å². The van der Waals surface area contributed by atoms with Crippen molar-refractivity contribution in [3.8, 4) is 0 Å². The van der Waals surface area contributed by atoms with Crippen molar-refractivity contribution in [2.45, 2.75) is 38.1 Å². The number of nitrogens with zero attached hydrogens (tertiary/aromatic N) is 2. The van der Waals surface area contributed by atoms with Gasteiger partial charge in [-0.1, -0.05) is 48.9 Å². The highest BCUT2D eigenvalue weighted by molar-refractivity contribution is 6.29. The van der Waals surface area contributed by atoms with Crippen molar-refractivity contribution in [1.29, 1.82) is 0 Å². The number of hydrogen-bond acceptors (Lipinski definition) is 3. The van der Waals surface area contributed by atoms with Gasteiger partial charge in [-0.25, -0.2) is 9.97 Å². The van der Waals surface area contributed by atoms with Gasteiger partial charge in [-0.05, 0) is 18.4 Å². The van der Waals surface area contributed by atoms with Crippen LogP contribution in [0.4, 0.5) is 5.82 Å². The van der Waals surface area contributed by atoms with Crippen LogP contribution in [0.2, 0.25) is 5.15 Å². The Morgan fingerprint density at radius 3 is 2.80 bits per heavy atom. The molecular formula is C16H18ClN3. The average molecular weight is 288 g/mol. The molecule has 1 heterocycles. The van der Waals surface area contributed by atoms with E-state index in [4.69, 9.17) is 11.6 Å². The fourth-order valence-corrected chi connectivity index (χ4v) is 2.69. The highest BCUT2D eigenvalue weighted by Crippen LogP contribution is 2.42. The fourth-order valence-electron chi connectivity index (χ4n) is 2.49. The number of aromatic nitrogens is 2. The van der Waals surface area contributed by atoms with Crippen LogP contribution in [-0.2, 0) is 6.42 Å². The molecule has 0 aliphatic heterocycles. The Kier molecular flexibility index (Phi) is 3.88. The van der Waals surface area contributed by atoms with Crippen molar-refractivity contribution in [3.63, 3.8) is 0 Å². The summed E-state index contributed by atoms with van der Waals surface area (Å²) >= 11 is 6.05. The monoisotopic (exact) mass is 287 g/mol. The Labute approximate surface area is 124 Å². The van der Waals surface area contributed by atoms with E-state index in [1.54, 1.807) is 6.07 Å². The summed E-state index contributed by atoms with van der Waals surface area (Å²) in [5, 5.41) is 3.99. The van der Waals surface area contributed by atoms with Crippen molar-refractivity contribution in [3.05, 3.63) is 52.9 Å². The van der Waals surface area contributed by atoms with Gasteiger partial charge in [0.15, 0.2) is 0 Å². The van der Waals surface area contributed by atoms with Crippen LogP contribution in [0.25, 0.3) is 0 Å². The first-order valence-electron chi connectivity index (χ1n) is 7.11. The standard InChI is InChI=1S/C16H18ClN3/c1-2-6-15-19-14(17)10-16(20-15)18-13-9-12(13)11-7-4-3-5-8-11/h3-5,7-8,10,12-13H,2,6,9H2,1H3,(H,18,19,20). The third-order valence-electron chi connectivity index (χ3n) is 3.57. The van der Waals surface area contributed by atoms with E-state index in [-0.39, 0.29) is 0 Å². The fraction of sp³-hybridized carbons (Fsp3) is 0.375. The summed E-state index contributed by atoms with van der Waals surface area (Å²) in [6, 6.07) is 12.9. The van der Waals surface area contributed by atoms with Crippen LogP contribution in [0.5, 0.6) is 0 Å². The zero-order valence-corrected chi connectivity index (χ0v) is 12.3. The second-order valence-corrected chi connectivity index (χ2v) is 5.63. The summed E-state index contributed by atoms with van der Waals surface area (Å²) in [6.45, 7) is 2.11. The minimum Gasteiger partial charge on any atom is -0.367 e. The third-order valence-corrected chi connectivity index (χ3v) is 3.76. The van der Waals surface area contributed by atoms with Crippen molar-refractivity contribution in [1.82, 2.24) is 9.97 Å². The minimum absolute atomic E-state index is 0.456. The smallest absolute Gasteiger partial charge is 0.134 e. The minimum atomic E-state index is 0.456. The van der Waals surface area contributed by atoms with Crippen molar-refractivity contribution >= 4 is 17.4 Å². The first-order valence-corrected chi connectivity index (χ1v) is 7.49. The van der Waals surface area contributed by atoms with E-state index in [9.17, 15) is 0 Å². The van der Waals surface area contributed by atoms with Crippen LogP contribution in [-0.4, -0.2) is 16.0 Å². The van der Waals surface area contributed by atoms with Gasteiger partial charge < -0.3 is 5.32 Å². The molecule has 0 amide bonds. The summed E-state index contributed by atoms with van der Waals surface area (Å²) in [4.78, 5) is 8.77. The molecule has 20 heavy (non-hydrogen) atoms. The predicted octanol–water partition coefficient (Wildman–Crippen LogP) is 4.05. The van der Waals surface area contributed by atoms with Gasteiger partial charge in [0.25, 0.3) is 0 Å². The van der Waals surface area contributed by atoms with Crippen LogP contribution in [0, 0.1) is 0 Å². The van der Waals surface area contributed by atoms with E-state index in [1.807, 2.05) is 0 Å². The Bertz CT molecular complexity index is 586. The third kappa shape index (κ3) is 3.10. The number of halogens is 1. The lowest BCUT2D eigenvalue weighted by atomic mass is 10.1. The first kappa shape index (κ1) is 13.4. The van der Waals surface area contributed by atoms with Gasteiger partial charge in [0, 0.05) is 24.4 Å². The lowest BCUT2D eigenvalue weighted by molar-refractivity contribution is 0.833. The molecular weight excluding hydrogens is 270 g/mol. The second-order valence-electron chi connectivity index (χ2n) is 5.25. The molecule has 1 aliphatic rings. The maximum absolute atomic E-state index is 6.05. The summed E-state index contributed by atoms with van der Waals surface area (Å²) in [5.74, 6) is 2.25. The first-order chi connectivity index (χ1) is 9.76. The molecule has 3 rings (SSSR count). The molecule has 3 nitrogen and oxygen atoms in total. The van der Waals surface area contributed by atoms with Crippen molar-refractivity contribution in [2.75, 3.05) is 5.32 Å². The largest absolute Gasteiger partial charge is 0.367 e. The molecule has 2 atom stereocenters. The molecule has 2 unspecified atom stereocenters. The van der Waals surface area contributed by atoms with Crippen LogP contribution in [0.1, 0.15) is 37.1 Å².